The van der Waals surface area contributed by atoms with Crippen molar-refractivity contribution in [2.45, 2.75) is 32.9 Å². The molecule has 0 aliphatic carbocycles. The normalized spacial score (nSPS) is 12.4. The van der Waals surface area contributed by atoms with Crippen molar-refractivity contribution in [2.75, 3.05) is 0 Å². The van der Waals surface area contributed by atoms with Crippen LogP contribution in [0.2, 0.25) is 5.02 Å². The Labute approximate surface area is 127 Å². The topological polar surface area (TPSA) is 68.5 Å². The molecule has 6 heteroatoms. The van der Waals surface area contributed by atoms with Crippen molar-refractivity contribution >= 4 is 34.4 Å². The van der Waals surface area contributed by atoms with Gasteiger partial charge < -0.3 is 14.5 Å². The van der Waals surface area contributed by atoms with Gasteiger partial charge in [0.1, 0.15) is 5.58 Å². The summed E-state index contributed by atoms with van der Waals surface area (Å²) in [6.07, 6.45) is -0.892. The van der Waals surface area contributed by atoms with Crippen molar-refractivity contribution in [3.05, 3.63) is 35.0 Å². The highest BCUT2D eigenvalue weighted by Gasteiger charge is 2.21. The molecule has 5 nitrogen and oxygen atoms in total. The van der Waals surface area contributed by atoms with Crippen LogP contribution in [0.15, 0.2) is 28.7 Å². The van der Waals surface area contributed by atoms with E-state index in [9.17, 15) is 9.59 Å². The molecule has 21 heavy (non-hydrogen) atoms. The zero-order valence-corrected chi connectivity index (χ0v) is 12.7. The number of amides is 1. The lowest BCUT2D eigenvalue weighted by Crippen LogP contribution is -2.39. The van der Waals surface area contributed by atoms with Gasteiger partial charge in [0.25, 0.3) is 5.91 Å². The van der Waals surface area contributed by atoms with Gasteiger partial charge in [0.05, 0.1) is 0 Å². The van der Waals surface area contributed by atoms with Crippen LogP contribution in [0.1, 0.15) is 31.3 Å². The zero-order valence-electron chi connectivity index (χ0n) is 12.0. The van der Waals surface area contributed by atoms with Gasteiger partial charge in [-0.05, 0) is 45.0 Å². The summed E-state index contributed by atoms with van der Waals surface area (Å²) in [5.41, 5.74) is 0.533. The molecular weight excluding hydrogens is 294 g/mol. The molecule has 1 atom stereocenters. The molecule has 0 spiro atoms. The lowest BCUT2D eigenvalue weighted by atomic mass is 10.2. The Morgan fingerprint density at radius 1 is 1.24 bits per heavy atom. The minimum Gasteiger partial charge on any atom is -0.449 e. The van der Waals surface area contributed by atoms with Crippen LogP contribution in [0, 0.1) is 0 Å². The molecule has 2 aromatic rings. The van der Waals surface area contributed by atoms with Crippen LogP contribution in [-0.4, -0.2) is 24.0 Å². The summed E-state index contributed by atoms with van der Waals surface area (Å²) < 4.78 is 10.5. The van der Waals surface area contributed by atoms with E-state index in [0.29, 0.717) is 16.0 Å². The van der Waals surface area contributed by atoms with Crippen LogP contribution in [0.25, 0.3) is 11.0 Å². The molecule has 0 bridgehead atoms. The number of halogens is 1. The summed E-state index contributed by atoms with van der Waals surface area (Å²) in [6, 6.07) is 6.54. The molecule has 1 aromatic heterocycles. The minimum atomic E-state index is -0.892. The summed E-state index contributed by atoms with van der Waals surface area (Å²) in [7, 11) is 0. The number of fused-ring (bicyclic) bond motifs is 1. The van der Waals surface area contributed by atoms with Gasteiger partial charge in [-0.25, -0.2) is 4.79 Å². The van der Waals surface area contributed by atoms with E-state index in [2.05, 4.69) is 5.32 Å². The van der Waals surface area contributed by atoms with Crippen LogP contribution < -0.4 is 5.32 Å². The Hall–Kier alpha value is -2.01. The number of hydrogen-bond donors (Lipinski definition) is 1. The number of hydrogen-bond acceptors (Lipinski definition) is 4. The van der Waals surface area contributed by atoms with Gasteiger partial charge in [0.2, 0.25) is 5.76 Å². The highest BCUT2D eigenvalue weighted by Crippen LogP contribution is 2.23. The Kier molecular flexibility index (Phi) is 4.53. The van der Waals surface area contributed by atoms with E-state index in [1.165, 1.54) is 13.0 Å². The van der Waals surface area contributed by atoms with Crippen molar-refractivity contribution < 1.29 is 18.7 Å². The molecule has 0 aliphatic heterocycles. The molecule has 1 N–H and O–H groups in total. The molecule has 0 radical (unpaired) electrons. The Morgan fingerprint density at radius 3 is 2.62 bits per heavy atom. The molecule has 0 fully saturated rings. The average Bonchev–Trinajstić information content (AvgIpc) is 2.80. The highest BCUT2D eigenvalue weighted by molar-refractivity contribution is 6.31. The third-order valence-corrected chi connectivity index (χ3v) is 3.00. The maximum Gasteiger partial charge on any atom is 0.375 e. The van der Waals surface area contributed by atoms with Crippen molar-refractivity contribution in [3.63, 3.8) is 0 Å². The number of rotatable bonds is 4. The highest BCUT2D eigenvalue weighted by atomic mass is 35.5. The van der Waals surface area contributed by atoms with Crippen molar-refractivity contribution in [2.24, 2.45) is 0 Å². The molecule has 0 saturated heterocycles. The molecule has 1 aromatic carbocycles. The Bertz CT molecular complexity index is 677. The Morgan fingerprint density at radius 2 is 1.95 bits per heavy atom. The maximum atomic E-state index is 12.0. The van der Waals surface area contributed by atoms with Crippen LogP contribution in [0.4, 0.5) is 0 Å². The Balaban J connectivity index is 2.09. The van der Waals surface area contributed by atoms with E-state index in [0.717, 1.165) is 0 Å². The fraction of sp³-hybridized carbons (Fsp3) is 0.333. The summed E-state index contributed by atoms with van der Waals surface area (Å²) in [4.78, 5) is 23.7. The van der Waals surface area contributed by atoms with Crippen molar-refractivity contribution in [1.82, 2.24) is 5.32 Å². The average molecular weight is 310 g/mol. The van der Waals surface area contributed by atoms with Crippen LogP contribution >= 0.6 is 11.6 Å². The summed E-state index contributed by atoms with van der Waals surface area (Å²) >= 11 is 5.87. The summed E-state index contributed by atoms with van der Waals surface area (Å²) in [6.45, 7) is 5.17. The number of nitrogens with one attached hydrogen (secondary N) is 1. The first-order valence-corrected chi connectivity index (χ1v) is 6.95. The third-order valence-electron chi connectivity index (χ3n) is 2.76. The van der Waals surface area contributed by atoms with Gasteiger partial charge >= 0.3 is 5.97 Å². The van der Waals surface area contributed by atoms with Gasteiger partial charge in [-0.3, -0.25) is 4.79 Å². The fourth-order valence-electron chi connectivity index (χ4n) is 1.79. The number of ether oxygens (including phenoxy) is 1. The molecule has 0 saturated carbocycles. The first-order chi connectivity index (χ1) is 9.86. The number of esters is 1. The van der Waals surface area contributed by atoms with E-state index in [-0.39, 0.29) is 17.7 Å². The standard InChI is InChI=1S/C15H16ClNO4/c1-8(2)17-14(18)9(3)20-15(19)13-7-10-6-11(16)4-5-12(10)21-13/h4-9H,1-3H3,(H,17,18)/t9-/m1/s1. The number of carbonyl (C=O) groups is 2. The van der Waals surface area contributed by atoms with Crippen molar-refractivity contribution in [1.29, 1.82) is 0 Å². The predicted octanol–water partition coefficient (Wildman–Crippen LogP) is 3.16. The van der Waals surface area contributed by atoms with Crippen LogP contribution in [0.3, 0.4) is 0 Å². The second-order valence-electron chi connectivity index (χ2n) is 5.00. The number of carbonyl (C=O) groups excluding carboxylic acids is 2. The van der Waals surface area contributed by atoms with E-state index in [4.69, 9.17) is 20.8 Å². The van der Waals surface area contributed by atoms with Gasteiger partial charge in [-0.2, -0.15) is 0 Å². The minimum absolute atomic E-state index is 0.0213. The second kappa shape index (κ2) is 6.18. The SMILES string of the molecule is CC(C)NC(=O)[C@@H](C)OC(=O)c1cc2cc(Cl)ccc2o1. The lowest BCUT2D eigenvalue weighted by Gasteiger charge is -2.14. The maximum absolute atomic E-state index is 12.0. The smallest absolute Gasteiger partial charge is 0.375 e. The van der Waals surface area contributed by atoms with Gasteiger partial charge in [-0.15, -0.1) is 0 Å². The van der Waals surface area contributed by atoms with E-state index in [1.54, 1.807) is 18.2 Å². The molecule has 0 aliphatic rings. The zero-order chi connectivity index (χ0) is 15.6. The molecule has 1 amide bonds. The summed E-state index contributed by atoms with van der Waals surface area (Å²) in [5.74, 6) is -0.998. The quantitative estimate of drug-likeness (QED) is 0.881. The van der Waals surface area contributed by atoms with E-state index < -0.39 is 12.1 Å². The van der Waals surface area contributed by atoms with Crippen molar-refractivity contribution in [3.8, 4) is 0 Å². The fourth-order valence-corrected chi connectivity index (χ4v) is 1.97. The molecule has 112 valence electrons. The number of benzene rings is 1. The molecule has 1 heterocycles. The largest absolute Gasteiger partial charge is 0.449 e. The van der Waals surface area contributed by atoms with Gasteiger partial charge in [-0.1, -0.05) is 11.6 Å². The summed E-state index contributed by atoms with van der Waals surface area (Å²) in [5, 5.41) is 3.92. The van der Waals surface area contributed by atoms with Gasteiger partial charge in [0, 0.05) is 16.5 Å². The molecular formula is C15H16ClNO4. The first-order valence-electron chi connectivity index (χ1n) is 6.57. The van der Waals surface area contributed by atoms with E-state index in [1.807, 2.05) is 13.8 Å². The number of furan rings is 1. The predicted molar refractivity (Wildman–Crippen MR) is 79.4 cm³/mol. The lowest BCUT2D eigenvalue weighted by molar-refractivity contribution is -0.129. The second-order valence-corrected chi connectivity index (χ2v) is 5.44. The van der Waals surface area contributed by atoms with E-state index >= 15 is 0 Å². The molecule has 0 unspecified atom stereocenters. The molecule has 2 rings (SSSR count). The van der Waals surface area contributed by atoms with Crippen LogP contribution in [-0.2, 0) is 9.53 Å². The third kappa shape index (κ3) is 3.76. The monoisotopic (exact) mass is 309 g/mol. The van der Waals surface area contributed by atoms with Gasteiger partial charge in [0.15, 0.2) is 6.10 Å². The first kappa shape index (κ1) is 15.4. The van der Waals surface area contributed by atoms with Crippen LogP contribution in [0.5, 0.6) is 0 Å².